The lowest BCUT2D eigenvalue weighted by molar-refractivity contribution is 0.669. The van der Waals surface area contributed by atoms with Crippen molar-refractivity contribution >= 4 is 27.6 Å². The van der Waals surface area contributed by atoms with Gasteiger partial charge < -0.3 is 4.42 Å². The van der Waals surface area contributed by atoms with E-state index >= 15 is 0 Å². The van der Waals surface area contributed by atoms with E-state index in [9.17, 15) is 10.5 Å². The van der Waals surface area contributed by atoms with E-state index in [0.717, 1.165) is 16.4 Å². The molecule has 0 saturated carbocycles. The Hall–Kier alpha value is -8.18. The maximum atomic E-state index is 10.4. The normalized spacial score (nSPS) is 14.3. The van der Waals surface area contributed by atoms with Crippen molar-refractivity contribution in [2.45, 2.75) is 6.92 Å². The first-order chi connectivity index (χ1) is 24.4. The number of furan rings is 1. The molecular weight excluding hydrogens is 628 g/mol. The van der Waals surface area contributed by atoms with Crippen LogP contribution in [0.25, 0.3) is 70.6 Å². The molecule has 0 amide bonds. The van der Waals surface area contributed by atoms with Crippen LogP contribution in [-0.4, -0.2) is 15.0 Å². The monoisotopic (exact) mass is 642 g/mol. The number of hydrogen-bond donors (Lipinski definition) is 0. The van der Waals surface area contributed by atoms with Crippen LogP contribution in [0.5, 0.6) is 0 Å². The highest BCUT2D eigenvalue weighted by Gasteiger charge is 2.22. The lowest BCUT2D eigenvalue weighted by Gasteiger charge is -2.10. The number of hydrogen-bond acceptors (Lipinski definition) is 10. The molecule has 2 aliphatic heterocycles. The van der Waals surface area contributed by atoms with E-state index in [1.165, 1.54) is 0 Å². The van der Waals surface area contributed by atoms with E-state index in [0.29, 0.717) is 44.0 Å². The molecule has 6 aromatic rings. The quantitative estimate of drug-likeness (QED) is 0.185. The molecule has 228 valence electrons. The molecule has 0 spiro atoms. The minimum atomic E-state index is -0.303. The Morgan fingerprint density at radius 2 is 1.38 bits per heavy atom. The zero-order valence-corrected chi connectivity index (χ0v) is 25.6. The van der Waals surface area contributed by atoms with Crippen molar-refractivity contribution in [3.05, 3.63) is 151 Å². The third kappa shape index (κ3) is 4.47. The van der Waals surface area contributed by atoms with Gasteiger partial charge in [-0.15, -0.1) is 0 Å². The molecule has 13 nitrogen and oxygen atoms in total. The standard InChI is InChI=1S/C37H14N12O/c1-18(40-2)33-43-26-14-12-23(31(42-4)32(26)46-33)36-48-34(19-9-10-21-20-7-5-6-8-28(20)50-29(21)15-19)47-35(49-36)22-11-13-25-30(24(22)16-38)45-37(44-25)27(17-39)41-3/h5-15H,1H3/b33-18-,37-27+. The van der Waals surface area contributed by atoms with Crippen LogP contribution in [0, 0.1) is 42.4 Å². The van der Waals surface area contributed by atoms with E-state index in [1.54, 1.807) is 37.3 Å². The van der Waals surface area contributed by atoms with Crippen molar-refractivity contribution in [1.29, 1.82) is 10.5 Å². The maximum Gasteiger partial charge on any atom is 0.305 e. The van der Waals surface area contributed by atoms with Gasteiger partial charge in [0.1, 0.15) is 22.6 Å². The molecule has 4 aromatic carbocycles. The average Bonchev–Trinajstić information content (AvgIpc) is 3.89. The predicted molar refractivity (Wildman–Crippen MR) is 178 cm³/mol. The number of fused-ring (bicyclic) bond motifs is 5. The molecule has 2 aliphatic rings. The molecule has 4 heterocycles. The Kier molecular flexibility index (Phi) is 6.58. The lowest BCUT2D eigenvalue weighted by atomic mass is 10.1. The summed E-state index contributed by atoms with van der Waals surface area (Å²) < 4.78 is 6.13. The molecule has 0 unspecified atom stereocenters. The first-order valence-corrected chi connectivity index (χ1v) is 14.7. The van der Waals surface area contributed by atoms with E-state index in [4.69, 9.17) is 39.1 Å². The van der Waals surface area contributed by atoms with Gasteiger partial charge in [-0.1, -0.05) is 30.3 Å². The molecule has 0 atom stereocenters. The summed E-state index contributed by atoms with van der Waals surface area (Å²) >= 11 is 0. The summed E-state index contributed by atoms with van der Waals surface area (Å²) in [6.07, 6.45) is 0. The summed E-state index contributed by atoms with van der Waals surface area (Å²) in [6, 6.07) is 23.8. The number of para-hydroxylation sites is 1. The average molecular weight is 643 g/mol. The second kappa shape index (κ2) is 11.3. The maximum absolute atomic E-state index is 10.4. The molecule has 0 bridgehead atoms. The molecule has 50 heavy (non-hydrogen) atoms. The van der Waals surface area contributed by atoms with Crippen LogP contribution in [0.2, 0.25) is 0 Å². The zero-order valence-electron chi connectivity index (χ0n) is 25.6. The molecule has 8 rings (SSSR count). The molecular formula is C37H14N12O. The highest BCUT2D eigenvalue weighted by molar-refractivity contribution is 6.05. The summed E-state index contributed by atoms with van der Waals surface area (Å²) in [6.45, 7) is 24.4. The van der Waals surface area contributed by atoms with Gasteiger partial charge in [-0.2, -0.15) is 5.26 Å². The Morgan fingerprint density at radius 3 is 2.12 bits per heavy atom. The minimum absolute atomic E-state index is 0.0805. The van der Waals surface area contributed by atoms with Crippen LogP contribution in [-0.2, 0) is 0 Å². The van der Waals surface area contributed by atoms with Gasteiger partial charge in [-0.05, 0) is 43.3 Å². The van der Waals surface area contributed by atoms with Crippen molar-refractivity contribution in [2.24, 2.45) is 20.0 Å². The second-order valence-electron chi connectivity index (χ2n) is 10.9. The van der Waals surface area contributed by atoms with Crippen molar-refractivity contribution in [3.8, 4) is 46.3 Å². The highest BCUT2D eigenvalue weighted by atomic mass is 16.3. The fourth-order valence-corrected chi connectivity index (χ4v) is 5.69. The molecule has 0 fully saturated rings. The van der Waals surface area contributed by atoms with E-state index in [2.05, 4.69) is 40.6 Å². The second-order valence-corrected chi connectivity index (χ2v) is 10.9. The first kappa shape index (κ1) is 29.2. The van der Waals surface area contributed by atoms with Gasteiger partial charge in [0.25, 0.3) is 0 Å². The first-order valence-electron chi connectivity index (χ1n) is 14.7. The minimum Gasteiger partial charge on any atom is -0.456 e. The molecule has 0 N–H and O–H groups in total. The third-order valence-corrected chi connectivity index (χ3v) is 8.07. The van der Waals surface area contributed by atoms with Crippen molar-refractivity contribution < 1.29 is 4.42 Å². The van der Waals surface area contributed by atoms with Crippen molar-refractivity contribution in [1.82, 2.24) is 15.0 Å². The smallest absolute Gasteiger partial charge is 0.305 e. The number of rotatable bonds is 3. The van der Waals surface area contributed by atoms with Gasteiger partial charge in [0.15, 0.2) is 29.1 Å². The number of benzene rings is 4. The van der Waals surface area contributed by atoms with Gasteiger partial charge in [-0.25, -0.2) is 49.7 Å². The molecule has 0 aliphatic carbocycles. The summed E-state index contributed by atoms with van der Waals surface area (Å²) in [5.74, 6) is 0.615. The van der Waals surface area contributed by atoms with E-state index < -0.39 is 0 Å². The number of nitrogens with zero attached hydrogens (tertiary/aromatic N) is 12. The van der Waals surface area contributed by atoms with Gasteiger partial charge >= 0.3 is 5.70 Å². The summed E-state index contributed by atoms with van der Waals surface area (Å²) in [7, 11) is 0. The number of aromatic nitrogens is 3. The summed E-state index contributed by atoms with van der Waals surface area (Å²) in [5.41, 5.74) is 2.77. The van der Waals surface area contributed by atoms with Crippen LogP contribution in [0.15, 0.2) is 114 Å². The van der Waals surface area contributed by atoms with Gasteiger partial charge in [0, 0.05) is 27.5 Å². The highest BCUT2D eigenvalue weighted by Crippen LogP contribution is 2.33. The largest absolute Gasteiger partial charge is 0.456 e. The SMILES string of the molecule is [C-]#[N+]/C(C)=C1/N=c2ccc(-c3nc(-c4ccc5c(c4)oc4ccccc45)nc(-c4ccc5c(c4C#N)=N/C(=C(\C#N)[N+]#[C-])N=5)n3)c([N+]#[C-])c2=N1. The van der Waals surface area contributed by atoms with E-state index in [-0.39, 0.29) is 51.4 Å². The third-order valence-electron chi connectivity index (χ3n) is 8.07. The Morgan fingerprint density at radius 1 is 0.700 bits per heavy atom. The fraction of sp³-hybridized carbons (Fsp3) is 0.0270. The Labute approximate surface area is 281 Å². The molecule has 0 saturated heterocycles. The van der Waals surface area contributed by atoms with Crippen LogP contribution < -0.4 is 21.4 Å². The summed E-state index contributed by atoms with van der Waals surface area (Å²) in [4.78, 5) is 42.3. The van der Waals surface area contributed by atoms with Gasteiger partial charge in [0.2, 0.25) is 11.4 Å². The van der Waals surface area contributed by atoms with Crippen molar-refractivity contribution in [2.75, 3.05) is 0 Å². The Bertz CT molecular complexity index is 3100. The van der Waals surface area contributed by atoms with Crippen LogP contribution in [0.1, 0.15) is 12.5 Å². The molecule has 2 aromatic heterocycles. The van der Waals surface area contributed by atoms with Gasteiger partial charge in [-0.3, -0.25) is 4.99 Å². The summed E-state index contributed by atoms with van der Waals surface area (Å²) in [5, 5.41) is 22.8. The van der Waals surface area contributed by atoms with Crippen LogP contribution >= 0.6 is 0 Å². The predicted octanol–water partition coefficient (Wildman–Crippen LogP) is 5.42. The lowest BCUT2D eigenvalue weighted by Crippen LogP contribution is -2.26. The number of nitriles is 2. The molecule has 0 radical (unpaired) electrons. The Balaban J connectivity index is 1.40. The van der Waals surface area contributed by atoms with Crippen LogP contribution in [0.4, 0.5) is 5.69 Å². The zero-order chi connectivity index (χ0) is 34.5. The van der Waals surface area contributed by atoms with Gasteiger partial charge in [0.05, 0.1) is 47.4 Å². The van der Waals surface area contributed by atoms with E-state index in [1.807, 2.05) is 42.5 Å². The van der Waals surface area contributed by atoms with Crippen LogP contribution in [0.3, 0.4) is 0 Å². The van der Waals surface area contributed by atoms with Crippen molar-refractivity contribution in [3.63, 3.8) is 0 Å². The molecule has 13 heteroatoms. The number of allylic oxidation sites excluding steroid dienone is 2. The topological polar surface area (TPSA) is 162 Å². The fourth-order valence-electron chi connectivity index (χ4n) is 5.69.